The summed E-state index contributed by atoms with van der Waals surface area (Å²) in [5.74, 6) is 0.708. The van der Waals surface area contributed by atoms with E-state index in [1.54, 1.807) is 12.4 Å². The Labute approximate surface area is 263 Å². The van der Waals surface area contributed by atoms with Gasteiger partial charge in [-0.15, -0.1) is 9.98 Å². The van der Waals surface area contributed by atoms with E-state index >= 15 is 0 Å². The van der Waals surface area contributed by atoms with Gasteiger partial charge in [0.2, 0.25) is 6.17 Å². The quantitative estimate of drug-likeness (QED) is 0.0641. The summed E-state index contributed by atoms with van der Waals surface area (Å²) in [6, 6.07) is 9.20. The number of hydrogen-bond acceptors (Lipinski definition) is 2. The second kappa shape index (κ2) is 27.0. The molecule has 0 aromatic heterocycles. The monoisotopic (exact) mass is 578 g/mol. The van der Waals surface area contributed by atoms with Crippen LogP contribution in [0.15, 0.2) is 34.3 Å². The Morgan fingerprint density at radius 2 is 0.738 bits per heavy atom. The molecule has 1 unspecified atom stereocenters. The van der Waals surface area contributed by atoms with Crippen LogP contribution in [0.5, 0.6) is 0 Å². The van der Waals surface area contributed by atoms with Gasteiger partial charge in [0.1, 0.15) is 18.0 Å². The molecule has 0 amide bonds. The van der Waals surface area contributed by atoms with Crippen LogP contribution >= 0.6 is 0 Å². The smallest absolute Gasteiger partial charge is 0.147 e. The van der Waals surface area contributed by atoms with Crippen molar-refractivity contribution in [2.75, 3.05) is 0 Å². The molecule has 1 aliphatic rings. The first-order valence-electron chi connectivity index (χ1n) is 18.9. The lowest BCUT2D eigenvalue weighted by molar-refractivity contribution is 0.480. The van der Waals surface area contributed by atoms with Crippen molar-refractivity contribution < 1.29 is 0 Å². The first kappa shape index (κ1) is 36.6. The summed E-state index contributed by atoms with van der Waals surface area (Å²) in [5.41, 5.74) is 2.67. The van der Waals surface area contributed by atoms with Gasteiger partial charge < -0.3 is 0 Å². The normalized spacial score (nSPS) is 13.4. The maximum atomic E-state index is 4.38. The molecule has 0 radical (unpaired) electrons. The van der Waals surface area contributed by atoms with Gasteiger partial charge in [-0.1, -0.05) is 181 Å². The first-order chi connectivity index (χ1) is 20.8. The maximum absolute atomic E-state index is 4.38. The Balaban J connectivity index is 1.58. The van der Waals surface area contributed by atoms with Gasteiger partial charge >= 0.3 is 0 Å². The summed E-state index contributed by atoms with van der Waals surface area (Å²) in [5, 5.41) is 0. The topological polar surface area (TPSA) is 24.7 Å². The number of hydrogen-bond donors (Lipinski definition) is 0. The number of aliphatic imine (C=N–C) groups is 2. The van der Waals surface area contributed by atoms with Crippen LogP contribution in [-0.2, 0) is 0 Å². The molecule has 0 saturated heterocycles. The van der Waals surface area contributed by atoms with Crippen molar-refractivity contribution in [3.05, 3.63) is 41.6 Å². The third kappa shape index (κ3) is 18.9. The standard InChI is InChI=1S/C40H69N2/c1-3-5-7-9-11-13-15-16-17-18-20-22-24-26-28-30-37(29-27-25-23-21-19-14-12-10-8-6-4-2)38-31-33-39(34-32-38)40-41-35-36-42-40/h31-37H,3-30H2,1-2H3/q+1. The minimum atomic E-state index is 0.708. The van der Waals surface area contributed by atoms with Crippen molar-refractivity contribution in [2.24, 2.45) is 9.98 Å². The van der Waals surface area contributed by atoms with Gasteiger partial charge in [0.25, 0.3) is 0 Å². The van der Waals surface area contributed by atoms with E-state index in [1.807, 2.05) is 0 Å². The van der Waals surface area contributed by atoms with E-state index in [-0.39, 0.29) is 0 Å². The van der Waals surface area contributed by atoms with Gasteiger partial charge in [-0.05, 0) is 36.5 Å². The highest BCUT2D eigenvalue weighted by Gasteiger charge is 2.19. The van der Waals surface area contributed by atoms with Crippen LogP contribution in [0.1, 0.15) is 211 Å². The molecule has 0 spiro atoms. The highest BCUT2D eigenvalue weighted by Crippen LogP contribution is 2.30. The van der Waals surface area contributed by atoms with Gasteiger partial charge in [-0.25, -0.2) is 0 Å². The van der Waals surface area contributed by atoms with E-state index in [0.717, 1.165) is 11.7 Å². The molecule has 0 aliphatic carbocycles. The Morgan fingerprint density at radius 3 is 1.07 bits per heavy atom. The van der Waals surface area contributed by atoms with E-state index in [1.165, 1.54) is 185 Å². The summed E-state index contributed by atoms with van der Waals surface area (Å²) in [4.78, 5) is 8.76. The molecular weight excluding hydrogens is 508 g/mol. The summed E-state index contributed by atoms with van der Waals surface area (Å²) in [7, 11) is 0. The molecular formula is C40H69N2+. The molecule has 238 valence electrons. The molecule has 0 fully saturated rings. The lowest BCUT2D eigenvalue weighted by atomic mass is 9.87. The fourth-order valence-electron chi connectivity index (χ4n) is 6.59. The zero-order chi connectivity index (χ0) is 29.8. The van der Waals surface area contributed by atoms with E-state index in [9.17, 15) is 0 Å². The van der Waals surface area contributed by atoms with E-state index in [2.05, 4.69) is 48.1 Å². The number of rotatable bonds is 30. The third-order valence-corrected chi connectivity index (χ3v) is 9.41. The van der Waals surface area contributed by atoms with Crippen molar-refractivity contribution >= 4 is 12.4 Å². The van der Waals surface area contributed by atoms with Crippen LogP contribution in [0.3, 0.4) is 0 Å². The van der Waals surface area contributed by atoms with Gasteiger partial charge in [0.05, 0.1) is 0 Å². The Kier molecular flexibility index (Phi) is 23.6. The van der Waals surface area contributed by atoms with Crippen LogP contribution in [0.25, 0.3) is 0 Å². The predicted octanol–water partition coefficient (Wildman–Crippen LogP) is 13.7. The molecule has 1 heterocycles. The highest BCUT2D eigenvalue weighted by molar-refractivity contribution is 6.18. The molecule has 0 saturated carbocycles. The molecule has 0 bridgehead atoms. The molecule has 1 aromatic carbocycles. The largest absolute Gasteiger partial charge is 0.243 e. The predicted molar refractivity (Wildman–Crippen MR) is 189 cm³/mol. The Bertz CT molecular complexity index is 752. The Morgan fingerprint density at radius 1 is 0.429 bits per heavy atom. The van der Waals surface area contributed by atoms with Crippen molar-refractivity contribution in [1.82, 2.24) is 0 Å². The second-order valence-electron chi connectivity index (χ2n) is 13.3. The molecule has 2 heteroatoms. The molecule has 0 N–H and O–H groups in total. The average molecular weight is 578 g/mol. The SMILES string of the molecule is CCCCCCCCCCCCCCCCCC(CCCCCCCCCCCCC)c1ccc([C+]2N=CC=N2)cc1. The third-order valence-electron chi connectivity index (χ3n) is 9.41. The number of unbranched alkanes of at least 4 members (excludes halogenated alkanes) is 24. The molecule has 1 atom stereocenters. The number of nitrogens with zero attached hydrogens (tertiary/aromatic N) is 2. The van der Waals surface area contributed by atoms with Crippen LogP contribution < -0.4 is 0 Å². The van der Waals surface area contributed by atoms with E-state index < -0.39 is 0 Å². The van der Waals surface area contributed by atoms with Crippen LogP contribution in [0, 0.1) is 6.17 Å². The van der Waals surface area contributed by atoms with E-state index in [4.69, 9.17) is 0 Å². The van der Waals surface area contributed by atoms with E-state index in [0.29, 0.717) is 5.92 Å². The maximum Gasteiger partial charge on any atom is 0.243 e. The fraction of sp³-hybridized carbons (Fsp3) is 0.775. The lowest BCUT2D eigenvalue weighted by Crippen LogP contribution is -2.01. The van der Waals surface area contributed by atoms with Gasteiger partial charge in [-0.2, -0.15) is 0 Å². The van der Waals surface area contributed by atoms with Crippen LogP contribution in [0.4, 0.5) is 0 Å². The molecule has 1 aliphatic heterocycles. The molecule has 1 aromatic rings. The minimum Gasteiger partial charge on any atom is -0.147 e. The van der Waals surface area contributed by atoms with Gasteiger partial charge in [-0.3, -0.25) is 0 Å². The van der Waals surface area contributed by atoms with Crippen LogP contribution in [0.2, 0.25) is 0 Å². The number of benzene rings is 1. The van der Waals surface area contributed by atoms with Crippen molar-refractivity contribution in [3.63, 3.8) is 0 Å². The van der Waals surface area contributed by atoms with Gasteiger partial charge in [0.15, 0.2) is 0 Å². The zero-order valence-corrected chi connectivity index (χ0v) is 28.2. The molecule has 2 nitrogen and oxygen atoms in total. The lowest BCUT2D eigenvalue weighted by Gasteiger charge is -2.17. The summed E-state index contributed by atoms with van der Waals surface area (Å²) in [6.45, 7) is 4.61. The Hall–Kier alpha value is -1.57. The summed E-state index contributed by atoms with van der Waals surface area (Å²) in [6.07, 6.45) is 44.4. The fourth-order valence-corrected chi connectivity index (χ4v) is 6.59. The van der Waals surface area contributed by atoms with Gasteiger partial charge in [0, 0.05) is 12.1 Å². The first-order valence-corrected chi connectivity index (χ1v) is 18.9. The van der Waals surface area contributed by atoms with Crippen molar-refractivity contribution in [2.45, 2.75) is 200 Å². The van der Waals surface area contributed by atoms with Crippen molar-refractivity contribution in [3.8, 4) is 0 Å². The average Bonchev–Trinajstić information content (AvgIpc) is 3.56. The van der Waals surface area contributed by atoms with Crippen molar-refractivity contribution in [1.29, 1.82) is 0 Å². The zero-order valence-electron chi connectivity index (χ0n) is 28.2. The summed E-state index contributed by atoms with van der Waals surface area (Å²) >= 11 is 0. The minimum absolute atomic E-state index is 0.708. The summed E-state index contributed by atoms with van der Waals surface area (Å²) < 4.78 is 0. The molecule has 42 heavy (non-hydrogen) atoms. The second-order valence-corrected chi connectivity index (χ2v) is 13.3. The van der Waals surface area contributed by atoms with Crippen LogP contribution in [-0.4, -0.2) is 12.4 Å². The molecule has 2 rings (SSSR count). The highest BCUT2D eigenvalue weighted by atomic mass is 15.0.